The first-order valence-corrected chi connectivity index (χ1v) is 6.76. The number of benzene rings is 1. The molecule has 0 aliphatic carbocycles. The Bertz CT molecular complexity index is 549. The van der Waals surface area contributed by atoms with Gasteiger partial charge in [0.1, 0.15) is 4.21 Å². The summed E-state index contributed by atoms with van der Waals surface area (Å²) in [6.45, 7) is 3.81. The molecule has 1 aromatic carbocycles. The van der Waals surface area contributed by atoms with Crippen molar-refractivity contribution in [2.24, 2.45) is 0 Å². The van der Waals surface area contributed by atoms with Crippen LogP contribution in [0.1, 0.15) is 11.3 Å². The van der Waals surface area contributed by atoms with E-state index < -0.39 is 10.8 Å². The predicted octanol–water partition coefficient (Wildman–Crippen LogP) is 2.51. The van der Waals surface area contributed by atoms with Gasteiger partial charge in [0, 0.05) is 4.90 Å². The number of nitrogen functional groups attached to an aromatic ring is 1. The van der Waals surface area contributed by atoms with Gasteiger partial charge < -0.3 is 5.73 Å². The van der Waals surface area contributed by atoms with Gasteiger partial charge >= 0.3 is 0 Å². The molecule has 1 heterocycles. The lowest BCUT2D eigenvalue weighted by Gasteiger charge is -2.01. The smallest absolute Gasteiger partial charge is 0.181 e. The van der Waals surface area contributed by atoms with Gasteiger partial charge in [-0.05, 0) is 31.5 Å². The maximum absolute atomic E-state index is 12.3. The van der Waals surface area contributed by atoms with Crippen molar-refractivity contribution in [3.63, 3.8) is 0 Å². The van der Waals surface area contributed by atoms with Crippen molar-refractivity contribution in [2.75, 3.05) is 5.73 Å². The van der Waals surface area contributed by atoms with E-state index in [-0.39, 0.29) is 0 Å². The number of hydrogen-bond acceptors (Lipinski definition) is 4. The van der Waals surface area contributed by atoms with Crippen LogP contribution < -0.4 is 5.73 Å². The Labute approximate surface area is 101 Å². The second-order valence-electron chi connectivity index (χ2n) is 3.51. The van der Waals surface area contributed by atoms with E-state index in [2.05, 4.69) is 4.98 Å². The van der Waals surface area contributed by atoms with Crippen LogP contribution in [0.5, 0.6) is 0 Å². The first-order valence-electron chi connectivity index (χ1n) is 4.79. The third-order valence-electron chi connectivity index (χ3n) is 2.14. The molecule has 0 saturated heterocycles. The minimum atomic E-state index is -1.17. The number of aryl methyl sites for hydroxylation is 2. The second-order valence-corrected chi connectivity index (χ2v) is 6.22. The van der Waals surface area contributed by atoms with Crippen LogP contribution in [0.25, 0.3) is 0 Å². The van der Waals surface area contributed by atoms with E-state index in [0.29, 0.717) is 5.13 Å². The summed E-state index contributed by atoms with van der Waals surface area (Å²) in [5, 5.41) is 0.466. The maximum Gasteiger partial charge on any atom is 0.181 e. The zero-order chi connectivity index (χ0) is 11.7. The fourth-order valence-corrected chi connectivity index (χ4v) is 3.85. The second kappa shape index (κ2) is 4.35. The van der Waals surface area contributed by atoms with Gasteiger partial charge in [-0.2, -0.15) is 0 Å². The van der Waals surface area contributed by atoms with Crippen LogP contribution in [0.3, 0.4) is 0 Å². The van der Waals surface area contributed by atoms with Crippen LogP contribution in [0.15, 0.2) is 33.4 Å². The summed E-state index contributed by atoms with van der Waals surface area (Å²) in [5.41, 5.74) is 7.45. The van der Waals surface area contributed by atoms with Crippen molar-refractivity contribution >= 4 is 27.3 Å². The zero-order valence-electron chi connectivity index (χ0n) is 9.06. The summed E-state index contributed by atoms with van der Waals surface area (Å²) in [5.74, 6) is 0. The number of hydrogen-bond donors (Lipinski definition) is 1. The van der Waals surface area contributed by atoms with Gasteiger partial charge in [-0.15, -0.1) is 0 Å². The topological polar surface area (TPSA) is 56.0 Å². The number of aromatic nitrogens is 1. The molecule has 0 amide bonds. The molecule has 16 heavy (non-hydrogen) atoms. The third-order valence-corrected chi connectivity index (χ3v) is 4.94. The minimum Gasteiger partial charge on any atom is -0.375 e. The number of rotatable bonds is 2. The van der Waals surface area contributed by atoms with E-state index in [1.165, 1.54) is 11.3 Å². The lowest BCUT2D eigenvalue weighted by atomic mass is 10.2. The molecule has 2 aromatic rings. The molecular weight excluding hydrogens is 240 g/mol. The van der Waals surface area contributed by atoms with Crippen molar-refractivity contribution < 1.29 is 4.21 Å². The van der Waals surface area contributed by atoms with Gasteiger partial charge in [0.25, 0.3) is 0 Å². The highest BCUT2D eigenvalue weighted by molar-refractivity contribution is 7.87. The number of thiazole rings is 1. The highest BCUT2D eigenvalue weighted by atomic mass is 32.2. The van der Waals surface area contributed by atoms with Crippen molar-refractivity contribution in [1.29, 1.82) is 0 Å². The Morgan fingerprint density at radius 3 is 2.69 bits per heavy atom. The quantitative estimate of drug-likeness (QED) is 0.893. The Kier molecular flexibility index (Phi) is 3.07. The molecule has 0 aliphatic rings. The summed E-state index contributed by atoms with van der Waals surface area (Å²) in [6, 6.07) is 7.67. The molecule has 3 nitrogen and oxygen atoms in total. The molecule has 2 N–H and O–H groups in total. The van der Waals surface area contributed by atoms with E-state index in [1.54, 1.807) is 0 Å². The molecule has 0 aliphatic heterocycles. The van der Waals surface area contributed by atoms with Gasteiger partial charge in [0.15, 0.2) is 5.13 Å². The number of nitrogens with two attached hydrogens (primary N) is 1. The summed E-state index contributed by atoms with van der Waals surface area (Å²) in [4.78, 5) is 4.88. The average molecular weight is 252 g/mol. The fourth-order valence-electron chi connectivity index (χ4n) is 1.41. The summed E-state index contributed by atoms with van der Waals surface area (Å²) >= 11 is 1.29. The van der Waals surface area contributed by atoms with Gasteiger partial charge in [0.2, 0.25) is 0 Å². The van der Waals surface area contributed by atoms with Gasteiger partial charge in [0.05, 0.1) is 16.5 Å². The summed E-state index contributed by atoms with van der Waals surface area (Å²) in [7, 11) is -1.17. The Morgan fingerprint density at radius 2 is 2.12 bits per heavy atom. The molecule has 84 valence electrons. The monoisotopic (exact) mass is 252 g/mol. The molecule has 5 heteroatoms. The SMILES string of the molecule is Cc1cccc(S(=O)c2sc(N)nc2C)c1. The first kappa shape index (κ1) is 11.3. The van der Waals surface area contributed by atoms with Crippen molar-refractivity contribution in [2.45, 2.75) is 23.0 Å². The van der Waals surface area contributed by atoms with E-state index in [4.69, 9.17) is 5.73 Å². The lowest BCUT2D eigenvalue weighted by molar-refractivity contribution is 0.684. The minimum absolute atomic E-state index is 0.466. The molecule has 0 bridgehead atoms. The molecule has 0 spiro atoms. The predicted molar refractivity (Wildman–Crippen MR) is 67.1 cm³/mol. The molecule has 0 saturated carbocycles. The number of anilines is 1. The molecule has 0 radical (unpaired) electrons. The largest absolute Gasteiger partial charge is 0.375 e. The Morgan fingerprint density at radius 1 is 1.38 bits per heavy atom. The van der Waals surface area contributed by atoms with Crippen LogP contribution in [-0.4, -0.2) is 9.19 Å². The van der Waals surface area contributed by atoms with Crippen LogP contribution in [0.4, 0.5) is 5.13 Å². The van der Waals surface area contributed by atoms with E-state index in [9.17, 15) is 4.21 Å². The Hall–Kier alpha value is -1.20. The highest BCUT2D eigenvalue weighted by Crippen LogP contribution is 2.27. The fraction of sp³-hybridized carbons (Fsp3) is 0.182. The van der Waals surface area contributed by atoms with Crippen molar-refractivity contribution in [1.82, 2.24) is 4.98 Å². The van der Waals surface area contributed by atoms with Crippen LogP contribution in [0, 0.1) is 13.8 Å². The molecule has 0 fully saturated rings. The zero-order valence-corrected chi connectivity index (χ0v) is 10.7. The lowest BCUT2D eigenvalue weighted by Crippen LogP contribution is -1.92. The summed E-state index contributed by atoms with van der Waals surface area (Å²) < 4.78 is 13.0. The van der Waals surface area contributed by atoms with Crippen molar-refractivity contribution in [3.8, 4) is 0 Å². The molecule has 1 unspecified atom stereocenters. The van der Waals surface area contributed by atoms with E-state index >= 15 is 0 Å². The van der Waals surface area contributed by atoms with Gasteiger partial charge in [-0.25, -0.2) is 9.19 Å². The summed E-state index contributed by atoms with van der Waals surface area (Å²) in [6.07, 6.45) is 0. The van der Waals surface area contributed by atoms with Gasteiger partial charge in [-0.3, -0.25) is 0 Å². The average Bonchev–Trinajstić information content (AvgIpc) is 2.57. The van der Waals surface area contributed by atoms with Crippen LogP contribution in [-0.2, 0) is 10.8 Å². The maximum atomic E-state index is 12.3. The van der Waals surface area contributed by atoms with Crippen molar-refractivity contribution in [3.05, 3.63) is 35.5 Å². The highest BCUT2D eigenvalue weighted by Gasteiger charge is 2.14. The first-order chi connectivity index (χ1) is 7.58. The number of nitrogens with zero attached hydrogens (tertiary/aromatic N) is 1. The van der Waals surface area contributed by atoms with Crippen LogP contribution >= 0.6 is 11.3 Å². The van der Waals surface area contributed by atoms with E-state index in [1.807, 2.05) is 38.1 Å². The third kappa shape index (κ3) is 2.15. The molecular formula is C11H12N2OS2. The Balaban J connectivity index is 2.43. The standard InChI is InChI=1S/C11H12N2OS2/c1-7-4-3-5-9(6-7)16(14)10-8(2)13-11(12)15-10/h3-6H,1-2H3,(H2,12,13). The molecule has 1 aromatic heterocycles. The van der Waals surface area contributed by atoms with Gasteiger partial charge in [-0.1, -0.05) is 23.5 Å². The van der Waals surface area contributed by atoms with E-state index in [0.717, 1.165) is 20.4 Å². The molecule has 2 rings (SSSR count). The van der Waals surface area contributed by atoms with Crippen LogP contribution in [0.2, 0.25) is 0 Å². The molecule has 1 atom stereocenters. The normalized spacial score (nSPS) is 12.6.